The Labute approximate surface area is 355 Å². The monoisotopic (exact) mass is 825 g/mol. The lowest BCUT2D eigenvalue weighted by Crippen LogP contribution is -2.26. The summed E-state index contributed by atoms with van der Waals surface area (Å²) in [6.07, 6.45) is 42.8. The summed E-state index contributed by atoms with van der Waals surface area (Å²) >= 11 is 0. The predicted octanol–water partition coefficient (Wildman–Crippen LogP) is 7.64. The van der Waals surface area contributed by atoms with Crippen LogP contribution in [0, 0.1) is 0 Å². The van der Waals surface area contributed by atoms with Crippen LogP contribution in [0.15, 0.2) is 102 Å². The molecule has 1 aliphatic rings. The zero-order valence-corrected chi connectivity index (χ0v) is 36.2. The second-order valence-corrected chi connectivity index (χ2v) is 14.2. The number of allylic oxidation sites excluding steroid dienone is 12. The minimum Gasteiger partial charge on any atom is -0.461 e. The number of cyclic esters (lactones) is 2. The van der Waals surface area contributed by atoms with Gasteiger partial charge >= 0.3 is 11.9 Å². The standard InChI is InChI=1S/C47H76N4O8/c1-51(2)34-32-44-42-55-36-24-16-11-19-27-39-58-45(52)29-21-13-7-3-5-9-15-23-35-54-41-43(31-33-50-47(48)49)56-37-25-17-10-6-4-8-14-22-30-46(53)59-40-28-20-12-18-26-38-57-44/h5-10,13-14,16,18-20,24,26-28,43-44H,3-4,11-12,15,17,21-23,25,29-42H2,1-2H3,(H4,48,49,50). The van der Waals surface area contributed by atoms with Gasteiger partial charge in [-0.25, -0.2) is 0 Å². The van der Waals surface area contributed by atoms with Gasteiger partial charge in [0.2, 0.25) is 0 Å². The van der Waals surface area contributed by atoms with E-state index in [4.69, 9.17) is 39.9 Å². The number of hydrogen-bond donors (Lipinski definition) is 2. The number of carbonyl (C=O) groups is 2. The van der Waals surface area contributed by atoms with Crippen LogP contribution in [-0.4, -0.2) is 115 Å². The Morgan fingerprint density at radius 2 is 1.05 bits per heavy atom. The molecule has 0 spiro atoms. The summed E-state index contributed by atoms with van der Waals surface area (Å²) in [5, 5.41) is 0. The highest BCUT2D eigenvalue weighted by atomic mass is 16.5. The number of hydrogen-bond acceptors (Lipinski definition) is 10. The zero-order chi connectivity index (χ0) is 42.7. The molecule has 12 heteroatoms. The molecule has 332 valence electrons. The van der Waals surface area contributed by atoms with E-state index in [0.29, 0.717) is 78.3 Å². The highest BCUT2D eigenvalue weighted by molar-refractivity contribution is 5.75. The van der Waals surface area contributed by atoms with E-state index in [1.165, 1.54) is 0 Å². The van der Waals surface area contributed by atoms with Crippen LogP contribution in [0.5, 0.6) is 0 Å². The largest absolute Gasteiger partial charge is 0.461 e. The molecule has 12 nitrogen and oxygen atoms in total. The van der Waals surface area contributed by atoms with Crippen molar-refractivity contribution in [2.45, 2.75) is 102 Å². The molecule has 59 heavy (non-hydrogen) atoms. The quantitative estimate of drug-likeness (QED) is 0.117. The molecule has 2 unspecified atom stereocenters. The Balaban J connectivity index is 2.59. The summed E-state index contributed by atoms with van der Waals surface area (Å²) in [5.74, 6) is -0.329. The molecule has 0 aromatic rings. The number of esters is 2. The van der Waals surface area contributed by atoms with Gasteiger partial charge < -0.3 is 44.8 Å². The number of ether oxygens (including phenoxy) is 6. The Bertz CT molecular complexity index is 1310. The van der Waals surface area contributed by atoms with Crippen molar-refractivity contribution in [2.24, 2.45) is 16.5 Å². The molecule has 0 aliphatic carbocycles. The molecule has 0 saturated heterocycles. The smallest absolute Gasteiger partial charge is 0.306 e. The Morgan fingerprint density at radius 1 is 0.576 bits per heavy atom. The second kappa shape index (κ2) is 40.7. The van der Waals surface area contributed by atoms with Crippen molar-refractivity contribution in [3.8, 4) is 0 Å². The van der Waals surface area contributed by atoms with Crippen LogP contribution in [0.25, 0.3) is 0 Å². The normalized spacial score (nSPS) is 21.5. The maximum absolute atomic E-state index is 12.1. The average Bonchev–Trinajstić information content (AvgIpc) is 3.21. The van der Waals surface area contributed by atoms with Gasteiger partial charge in [0.25, 0.3) is 0 Å². The molecule has 1 heterocycles. The summed E-state index contributed by atoms with van der Waals surface area (Å²) in [4.78, 5) is 30.4. The van der Waals surface area contributed by atoms with Crippen LogP contribution < -0.4 is 11.5 Å². The van der Waals surface area contributed by atoms with Crippen molar-refractivity contribution >= 4 is 17.9 Å². The first-order chi connectivity index (χ1) is 28.9. The lowest BCUT2D eigenvalue weighted by molar-refractivity contribution is -0.143. The summed E-state index contributed by atoms with van der Waals surface area (Å²) < 4.78 is 34.6. The molecular formula is C47H76N4O8. The fraction of sp³-hybridized carbons (Fsp3) is 0.596. The molecule has 0 fully saturated rings. The van der Waals surface area contributed by atoms with Crippen molar-refractivity contribution < 1.29 is 38.0 Å². The Morgan fingerprint density at radius 3 is 1.61 bits per heavy atom. The van der Waals surface area contributed by atoms with E-state index in [1.54, 1.807) is 0 Å². The van der Waals surface area contributed by atoms with Crippen LogP contribution in [-0.2, 0) is 38.0 Å². The van der Waals surface area contributed by atoms with Gasteiger partial charge in [-0.15, -0.1) is 0 Å². The Hall–Kier alpha value is -4.07. The molecule has 4 N–H and O–H groups in total. The van der Waals surface area contributed by atoms with Crippen LogP contribution in [0.2, 0.25) is 0 Å². The van der Waals surface area contributed by atoms with Crippen LogP contribution in [0.4, 0.5) is 0 Å². The van der Waals surface area contributed by atoms with Gasteiger partial charge in [-0.1, -0.05) is 97.2 Å². The lowest BCUT2D eigenvalue weighted by Gasteiger charge is -2.19. The fourth-order valence-electron chi connectivity index (χ4n) is 5.25. The summed E-state index contributed by atoms with van der Waals surface area (Å²) in [5.41, 5.74) is 11.0. The van der Waals surface area contributed by atoms with Gasteiger partial charge in [0.15, 0.2) is 5.96 Å². The number of nitrogens with two attached hydrogens (primary N) is 2. The molecule has 0 radical (unpaired) electrons. The van der Waals surface area contributed by atoms with E-state index >= 15 is 0 Å². The number of carbonyl (C=O) groups excluding carboxylic acids is 2. The average molecular weight is 825 g/mol. The van der Waals surface area contributed by atoms with E-state index in [2.05, 4.69) is 46.3 Å². The minimum atomic E-state index is -0.204. The first kappa shape index (κ1) is 52.9. The first-order valence-corrected chi connectivity index (χ1v) is 21.5. The lowest BCUT2D eigenvalue weighted by atomic mass is 10.2. The predicted molar refractivity (Wildman–Crippen MR) is 240 cm³/mol. The molecule has 0 aromatic carbocycles. The van der Waals surface area contributed by atoms with Crippen molar-refractivity contribution in [1.82, 2.24) is 4.90 Å². The van der Waals surface area contributed by atoms with Gasteiger partial charge in [0, 0.05) is 39.1 Å². The van der Waals surface area contributed by atoms with Crippen molar-refractivity contribution in [1.29, 1.82) is 0 Å². The SMILES string of the molecule is CN(C)CCC1COCC=CCC=CCOC(=O)CCC=CCC=CCCCOCC(CCN=C(N)N)OCCCC=CCC=CCCC(=O)OCC=CCC=CCO1. The van der Waals surface area contributed by atoms with Crippen molar-refractivity contribution in [3.05, 3.63) is 97.2 Å². The van der Waals surface area contributed by atoms with E-state index in [1.807, 2.05) is 74.9 Å². The van der Waals surface area contributed by atoms with E-state index in [-0.39, 0.29) is 43.3 Å². The number of rotatable bonds is 6. The van der Waals surface area contributed by atoms with Gasteiger partial charge in [0.1, 0.15) is 13.2 Å². The summed E-state index contributed by atoms with van der Waals surface area (Å²) in [6.45, 7) is 5.22. The highest BCUT2D eigenvalue weighted by Gasteiger charge is 2.10. The van der Waals surface area contributed by atoms with E-state index < -0.39 is 0 Å². The van der Waals surface area contributed by atoms with Crippen molar-refractivity contribution in [2.75, 3.05) is 80.0 Å². The zero-order valence-electron chi connectivity index (χ0n) is 36.2. The summed E-state index contributed by atoms with van der Waals surface area (Å²) in [6, 6.07) is 0. The van der Waals surface area contributed by atoms with Crippen LogP contribution in [0.1, 0.15) is 89.9 Å². The van der Waals surface area contributed by atoms with Gasteiger partial charge in [-0.05, 0) is 91.1 Å². The maximum atomic E-state index is 12.1. The van der Waals surface area contributed by atoms with Gasteiger partial charge in [0.05, 0.1) is 38.6 Å². The molecule has 0 aromatic heterocycles. The molecule has 0 amide bonds. The topological polar surface area (TPSA) is 157 Å². The third kappa shape index (κ3) is 39.2. The van der Waals surface area contributed by atoms with Crippen LogP contribution >= 0.6 is 0 Å². The van der Waals surface area contributed by atoms with Crippen molar-refractivity contribution in [3.63, 3.8) is 0 Å². The maximum Gasteiger partial charge on any atom is 0.306 e. The molecule has 0 saturated carbocycles. The van der Waals surface area contributed by atoms with Crippen LogP contribution in [0.3, 0.4) is 0 Å². The molecule has 1 aliphatic heterocycles. The minimum absolute atomic E-state index is 0.00728. The number of guanidine groups is 1. The molecule has 0 bridgehead atoms. The molecular weight excluding hydrogens is 749 g/mol. The highest BCUT2D eigenvalue weighted by Crippen LogP contribution is 2.07. The number of nitrogens with zero attached hydrogens (tertiary/aromatic N) is 2. The molecule has 1 rings (SSSR count). The van der Waals surface area contributed by atoms with E-state index in [0.717, 1.165) is 64.3 Å². The van der Waals surface area contributed by atoms with E-state index in [9.17, 15) is 9.59 Å². The number of aliphatic imine (C=N–C) groups is 1. The third-order valence-electron chi connectivity index (χ3n) is 8.55. The second-order valence-electron chi connectivity index (χ2n) is 14.2. The Kier molecular flexibility index (Phi) is 36.5. The molecule has 2 atom stereocenters. The van der Waals surface area contributed by atoms with Gasteiger partial charge in [-0.2, -0.15) is 0 Å². The van der Waals surface area contributed by atoms with Gasteiger partial charge in [-0.3, -0.25) is 14.6 Å². The first-order valence-electron chi connectivity index (χ1n) is 21.5. The summed E-state index contributed by atoms with van der Waals surface area (Å²) in [7, 11) is 4.10. The fourth-order valence-corrected chi connectivity index (χ4v) is 5.25. The third-order valence-corrected chi connectivity index (χ3v) is 8.55.